The minimum Gasteiger partial charge on any atom is -0.494 e. The summed E-state index contributed by atoms with van der Waals surface area (Å²) in [4.78, 5) is 0. The highest BCUT2D eigenvalue weighted by Gasteiger charge is 2.27. The lowest BCUT2D eigenvalue weighted by atomic mass is 9.97. The first kappa shape index (κ1) is 11.5. The molecule has 0 unspecified atom stereocenters. The van der Waals surface area contributed by atoms with Gasteiger partial charge in [-0.15, -0.1) is 0 Å². The molecule has 1 aliphatic rings. The average Bonchev–Trinajstić information content (AvgIpc) is 3.13. The van der Waals surface area contributed by atoms with Gasteiger partial charge in [0.15, 0.2) is 0 Å². The van der Waals surface area contributed by atoms with Crippen LogP contribution in [0.4, 0.5) is 0 Å². The smallest absolute Gasteiger partial charge is 0.122 e. The van der Waals surface area contributed by atoms with Gasteiger partial charge in [-0.05, 0) is 42.9 Å². The second-order valence-electron chi connectivity index (χ2n) is 4.40. The minimum absolute atomic E-state index is 0.123. The molecule has 0 aliphatic heterocycles. The second-order valence-corrected chi connectivity index (χ2v) is 4.40. The Bertz CT molecular complexity index is 356. The van der Waals surface area contributed by atoms with E-state index in [1.54, 1.807) is 0 Å². The van der Waals surface area contributed by atoms with E-state index in [2.05, 4.69) is 6.07 Å². The van der Waals surface area contributed by atoms with Crippen LogP contribution in [0.15, 0.2) is 18.2 Å². The van der Waals surface area contributed by atoms with Crippen molar-refractivity contribution in [2.24, 2.45) is 0 Å². The van der Waals surface area contributed by atoms with Gasteiger partial charge in [-0.1, -0.05) is 19.1 Å². The van der Waals surface area contributed by atoms with E-state index < -0.39 is 0 Å². The Morgan fingerprint density at radius 2 is 2.19 bits per heavy atom. The van der Waals surface area contributed by atoms with Gasteiger partial charge in [-0.25, -0.2) is 0 Å². The quantitative estimate of drug-likeness (QED) is 0.825. The minimum atomic E-state index is 0.123. The van der Waals surface area contributed by atoms with Gasteiger partial charge in [0.2, 0.25) is 0 Å². The molecular weight excluding hydrogens is 200 g/mol. The number of hydrogen-bond acceptors (Lipinski definition) is 2. The average molecular weight is 219 g/mol. The molecule has 2 nitrogen and oxygen atoms in total. The molecule has 0 bridgehead atoms. The van der Waals surface area contributed by atoms with Gasteiger partial charge in [0.05, 0.1) is 13.2 Å². The highest BCUT2D eigenvalue weighted by atomic mass is 16.5. The van der Waals surface area contributed by atoms with Crippen LogP contribution in [0, 0.1) is 5.92 Å². The van der Waals surface area contributed by atoms with Crippen LogP contribution in [-0.2, 0) is 0 Å². The maximum Gasteiger partial charge on any atom is 0.122 e. The number of aliphatic hydroxyl groups is 1. The highest BCUT2D eigenvalue weighted by Crippen LogP contribution is 2.45. The lowest BCUT2D eigenvalue weighted by Crippen LogP contribution is -2.02. The van der Waals surface area contributed by atoms with Gasteiger partial charge in [0, 0.05) is 5.92 Å². The number of aliphatic hydroxyl groups excluding tert-OH is 1. The zero-order chi connectivity index (χ0) is 11.5. The molecule has 2 heteroatoms. The summed E-state index contributed by atoms with van der Waals surface area (Å²) in [6, 6.07) is 6.24. The van der Waals surface area contributed by atoms with E-state index in [-0.39, 0.29) is 6.61 Å². The maximum absolute atomic E-state index is 9.14. The molecule has 1 N–H and O–H groups in total. The third-order valence-corrected chi connectivity index (χ3v) is 3.06. The molecule has 0 saturated heterocycles. The van der Waals surface area contributed by atoms with Crippen molar-refractivity contribution in [2.45, 2.75) is 32.6 Å². The maximum atomic E-state index is 9.14. The van der Waals surface area contributed by atoms with Crippen LogP contribution in [0.2, 0.25) is 0 Å². The van der Waals surface area contributed by atoms with Crippen molar-refractivity contribution in [2.75, 3.05) is 13.2 Å². The van der Waals surface area contributed by atoms with Gasteiger partial charge in [-0.2, -0.15) is 0 Å². The highest BCUT2D eigenvalue weighted by molar-refractivity contribution is 5.45. The van der Waals surface area contributed by atoms with Gasteiger partial charge in [-0.3, -0.25) is 0 Å². The molecule has 1 radical (unpaired) electrons. The summed E-state index contributed by atoms with van der Waals surface area (Å²) in [5, 5.41) is 9.14. The monoisotopic (exact) mass is 219 g/mol. The van der Waals surface area contributed by atoms with Crippen LogP contribution in [-0.4, -0.2) is 18.3 Å². The van der Waals surface area contributed by atoms with E-state index in [4.69, 9.17) is 9.84 Å². The molecule has 1 aromatic carbocycles. The van der Waals surface area contributed by atoms with E-state index in [0.29, 0.717) is 12.5 Å². The van der Waals surface area contributed by atoms with Gasteiger partial charge < -0.3 is 9.84 Å². The summed E-state index contributed by atoms with van der Waals surface area (Å²) in [6.07, 6.45) is 2.53. The Kier molecular flexibility index (Phi) is 3.49. The van der Waals surface area contributed by atoms with Gasteiger partial charge >= 0.3 is 0 Å². The van der Waals surface area contributed by atoms with Crippen LogP contribution in [0.25, 0.3) is 0 Å². The lowest BCUT2D eigenvalue weighted by molar-refractivity contribution is 0.314. The van der Waals surface area contributed by atoms with Crippen molar-refractivity contribution in [3.8, 4) is 5.75 Å². The molecular formula is C14H19O2. The van der Waals surface area contributed by atoms with Crippen LogP contribution < -0.4 is 4.74 Å². The van der Waals surface area contributed by atoms with Gasteiger partial charge in [0.1, 0.15) is 5.75 Å². The topological polar surface area (TPSA) is 29.5 Å². The van der Waals surface area contributed by atoms with Crippen molar-refractivity contribution in [1.29, 1.82) is 0 Å². The molecule has 0 amide bonds. The fraction of sp³-hybridized carbons (Fsp3) is 0.500. The molecule has 0 aromatic heterocycles. The third-order valence-electron chi connectivity index (χ3n) is 3.06. The first-order valence-electron chi connectivity index (χ1n) is 5.96. The predicted molar refractivity (Wildman–Crippen MR) is 64.7 cm³/mol. The lowest BCUT2D eigenvalue weighted by Gasteiger charge is -2.14. The zero-order valence-electron chi connectivity index (χ0n) is 9.99. The van der Waals surface area contributed by atoms with E-state index in [1.807, 2.05) is 26.0 Å². The van der Waals surface area contributed by atoms with Crippen molar-refractivity contribution < 1.29 is 9.84 Å². The number of benzene rings is 1. The molecule has 1 aliphatic carbocycles. The molecule has 0 atom stereocenters. The summed E-state index contributed by atoms with van der Waals surface area (Å²) in [6.45, 7) is 4.81. The molecule has 1 aromatic rings. The van der Waals surface area contributed by atoms with Crippen molar-refractivity contribution in [3.05, 3.63) is 35.2 Å². The molecule has 1 fully saturated rings. The molecule has 2 rings (SSSR count). The second kappa shape index (κ2) is 4.88. The third kappa shape index (κ3) is 2.38. The molecule has 0 spiro atoms. The number of rotatable bonds is 5. The van der Waals surface area contributed by atoms with Crippen molar-refractivity contribution >= 4 is 0 Å². The Morgan fingerprint density at radius 3 is 2.75 bits per heavy atom. The fourth-order valence-electron chi connectivity index (χ4n) is 1.91. The SMILES string of the molecule is CCOc1ccc([C](C)CO)cc1C1CC1. The van der Waals surface area contributed by atoms with Crippen molar-refractivity contribution in [1.82, 2.24) is 0 Å². The van der Waals surface area contributed by atoms with E-state index in [9.17, 15) is 0 Å². The van der Waals surface area contributed by atoms with Crippen LogP contribution >= 0.6 is 0 Å². The molecule has 0 heterocycles. The fourth-order valence-corrected chi connectivity index (χ4v) is 1.91. The summed E-state index contributed by atoms with van der Waals surface area (Å²) in [5.41, 5.74) is 2.44. The first-order chi connectivity index (χ1) is 7.76. The van der Waals surface area contributed by atoms with E-state index in [0.717, 1.165) is 17.2 Å². The number of ether oxygens (including phenoxy) is 1. The summed E-state index contributed by atoms with van der Waals surface area (Å²) in [7, 11) is 0. The first-order valence-corrected chi connectivity index (χ1v) is 5.96. The summed E-state index contributed by atoms with van der Waals surface area (Å²) in [5.74, 6) is 2.71. The van der Waals surface area contributed by atoms with E-state index in [1.165, 1.54) is 18.4 Å². The van der Waals surface area contributed by atoms with Crippen molar-refractivity contribution in [3.63, 3.8) is 0 Å². The van der Waals surface area contributed by atoms with Crippen LogP contribution in [0.1, 0.15) is 43.7 Å². The summed E-state index contributed by atoms with van der Waals surface area (Å²) < 4.78 is 5.63. The van der Waals surface area contributed by atoms with Gasteiger partial charge in [0.25, 0.3) is 0 Å². The molecule has 1 saturated carbocycles. The number of hydrogen-bond donors (Lipinski definition) is 1. The Labute approximate surface area is 97.3 Å². The standard InChI is InChI=1S/C14H19O2/c1-3-16-14-7-6-12(10(2)9-15)8-13(14)11-4-5-11/h6-8,11,15H,3-5,9H2,1-2H3. The normalized spacial score (nSPS) is 15.5. The largest absolute Gasteiger partial charge is 0.494 e. The van der Waals surface area contributed by atoms with Crippen LogP contribution in [0.3, 0.4) is 0 Å². The zero-order valence-corrected chi connectivity index (χ0v) is 9.99. The van der Waals surface area contributed by atoms with E-state index >= 15 is 0 Å². The molecule has 16 heavy (non-hydrogen) atoms. The Balaban J connectivity index is 2.28. The predicted octanol–water partition coefficient (Wildman–Crippen LogP) is 2.90. The van der Waals surface area contributed by atoms with Crippen LogP contribution in [0.5, 0.6) is 5.75 Å². The molecule has 87 valence electrons. The Morgan fingerprint density at radius 1 is 1.44 bits per heavy atom. The Hall–Kier alpha value is -1.02. The summed E-state index contributed by atoms with van der Waals surface area (Å²) >= 11 is 0.